The molecule has 0 aliphatic heterocycles. The van der Waals surface area contributed by atoms with Gasteiger partial charge in [-0.2, -0.15) is 0 Å². The van der Waals surface area contributed by atoms with E-state index in [1.54, 1.807) is 0 Å². The van der Waals surface area contributed by atoms with Crippen molar-refractivity contribution >= 4 is 11.9 Å². The topological polar surface area (TPSA) is 66.4 Å². The molecule has 0 N–H and O–H groups in total. The molecule has 0 aromatic heterocycles. The van der Waals surface area contributed by atoms with Crippen LogP contribution in [0.3, 0.4) is 0 Å². The number of allylic oxidation sites excluding steroid dienone is 2. The Labute approximate surface area is 98.6 Å². The van der Waals surface area contributed by atoms with Gasteiger partial charge >= 0.3 is 35.5 Å². The van der Waals surface area contributed by atoms with E-state index in [2.05, 4.69) is 4.74 Å². The molecule has 0 saturated heterocycles. The molecule has 0 unspecified atom stereocenters. The first-order valence-electron chi connectivity index (χ1n) is 3.26. The van der Waals surface area contributed by atoms with E-state index >= 15 is 0 Å². The van der Waals surface area contributed by atoms with E-state index in [1.165, 1.54) is 26.0 Å². The summed E-state index contributed by atoms with van der Waals surface area (Å²) in [7, 11) is 0. The van der Waals surface area contributed by atoms with Crippen LogP contribution >= 0.6 is 0 Å². The largest absolute Gasteiger partial charge is 1.00 e. The second kappa shape index (κ2) is 8.04. The first kappa shape index (κ1) is 14.9. The summed E-state index contributed by atoms with van der Waals surface area (Å²) in [4.78, 5) is 20.3. The minimum absolute atomic E-state index is 0. The third-order valence-electron chi connectivity index (χ3n) is 0.981. The van der Waals surface area contributed by atoms with Gasteiger partial charge < -0.3 is 14.6 Å². The number of carboxylic acid groups (broad SMARTS) is 1. The summed E-state index contributed by atoms with van der Waals surface area (Å²) in [6.45, 7) is 2.63. The van der Waals surface area contributed by atoms with E-state index in [-0.39, 0.29) is 35.1 Å². The van der Waals surface area contributed by atoms with Crippen LogP contribution in [0.1, 0.15) is 13.8 Å². The van der Waals surface area contributed by atoms with Crippen LogP contribution in [0.4, 0.5) is 0 Å². The summed E-state index contributed by atoms with van der Waals surface area (Å²) in [5.41, 5.74) is 0.0680. The number of hydrogen-bond acceptors (Lipinski definition) is 4. The SMILES string of the molecule is CC(=O)OC=CC=C(C)C(=O)[O-].[Na+]. The fraction of sp³-hybridized carbons (Fsp3) is 0.250. The maximum absolute atomic E-state index is 10.2. The number of esters is 1. The monoisotopic (exact) mass is 192 g/mol. The molecule has 5 heteroatoms. The number of carboxylic acids is 1. The van der Waals surface area contributed by atoms with E-state index in [4.69, 9.17) is 0 Å². The van der Waals surface area contributed by atoms with E-state index in [9.17, 15) is 14.7 Å². The Hall–Kier alpha value is -0.580. The summed E-state index contributed by atoms with van der Waals surface area (Å²) in [6, 6.07) is 0. The Morgan fingerprint density at radius 3 is 2.23 bits per heavy atom. The summed E-state index contributed by atoms with van der Waals surface area (Å²) in [5.74, 6) is -1.70. The molecular weight excluding hydrogens is 183 g/mol. The van der Waals surface area contributed by atoms with Crippen molar-refractivity contribution in [2.45, 2.75) is 13.8 Å². The van der Waals surface area contributed by atoms with Gasteiger partial charge in [0.05, 0.1) is 12.2 Å². The molecule has 0 fully saturated rings. The van der Waals surface area contributed by atoms with Gasteiger partial charge in [0.15, 0.2) is 0 Å². The molecule has 0 rings (SSSR count). The Bertz CT molecular complexity index is 243. The first-order chi connectivity index (χ1) is 5.54. The van der Waals surface area contributed by atoms with Crippen LogP contribution in [0.2, 0.25) is 0 Å². The smallest absolute Gasteiger partial charge is 0.545 e. The summed E-state index contributed by atoms with van der Waals surface area (Å²) < 4.78 is 4.39. The predicted molar refractivity (Wildman–Crippen MR) is 39.7 cm³/mol. The zero-order chi connectivity index (χ0) is 9.56. The normalized spacial score (nSPS) is 10.8. The van der Waals surface area contributed by atoms with Crippen LogP contribution in [-0.4, -0.2) is 11.9 Å². The first-order valence-corrected chi connectivity index (χ1v) is 3.26. The fourth-order valence-corrected chi connectivity index (χ4v) is 0.387. The second-order valence-corrected chi connectivity index (χ2v) is 2.08. The summed E-state index contributed by atoms with van der Waals surface area (Å²) in [6.07, 6.45) is 3.69. The molecule has 0 spiro atoms. The third-order valence-corrected chi connectivity index (χ3v) is 0.981. The standard InChI is InChI=1S/C8H10O4.Na/c1-6(8(10)11)4-3-5-12-7(2)9;/h3-5H,1-2H3,(H,10,11);/q;+1/p-1. The molecular formula is C8H9NaO4. The van der Waals surface area contributed by atoms with Crippen LogP contribution in [0.15, 0.2) is 24.0 Å². The molecule has 0 aliphatic rings. The summed E-state index contributed by atoms with van der Waals surface area (Å²) in [5, 5.41) is 10.1. The van der Waals surface area contributed by atoms with Crippen LogP contribution in [0, 0.1) is 0 Å². The van der Waals surface area contributed by atoms with Crippen LogP contribution in [0.5, 0.6) is 0 Å². The number of hydrogen-bond donors (Lipinski definition) is 0. The molecule has 0 radical (unpaired) electrons. The molecule has 4 nitrogen and oxygen atoms in total. The van der Waals surface area contributed by atoms with Gasteiger partial charge in [0.1, 0.15) is 0 Å². The van der Waals surface area contributed by atoms with Crippen LogP contribution in [-0.2, 0) is 14.3 Å². The van der Waals surface area contributed by atoms with Crippen molar-refractivity contribution in [2.24, 2.45) is 0 Å². The van der Waals surface area contributed by atoms with Crippen LogP contribution < -0.4 is 34.7 Å². The third kappa shape index (κ3) is 9.33. The van der Waals surface area contributed by atoms with E-state index in [1.807, 2.05) is 0 Å². The van der Waals surface area contributed by atoms with Crippen molar-refractivity contribution in [3.05, 3.63) is 24.0 Å². The van der Waals surface area contributed by atoms with Crippen molar-refractivity contribution in [3.63, 3.8) is 0 Å². The molecule has 0 heterocycles. The van der Waals surface area contributed by atoms with Crippen LogP contribution in [0.25, 0.3) is 0 Å². The number of rotatable bonds is 3. The molecule has 0 amide bonds. The van der Waals surface area contributed by atoms with Gasteiger partial charge in [0.2, 0.25) is 0 Å². The van der Waals surface area contributed by atoms with Crippen molar-refractivity contribution in [2.75, 3.05) is 0 Å². The Morgan fingerprint density at radius 2 is 1.85 bits per heavy atom. The molecule has 0 bridgehead atoms. The number of ether oxygens (including phenoxy) is 1. The molecule has 0 aliphatic carbocycles. The van der Waals surface area contributed by atoms with Gasteiger partial charge in [0, 0.05) is 6.92 Å². The molecule has 13 heavy (non-hydrogen) atoms. The molecule has 0 aromatic carbocycles. The molecule has 66 valence electrons. The Balaban J connectivity index is 0. The van der Waals surface area contributed by atoms with Crippen molar-refractivity contribution in [3.8, 4) is 0 Å². The van der Waals surface area contributed by atoms with Gasteiger partial charge in [-0.05, 0) is 18.6 Å². The van der Waals surface area contributed by atoms with Gasteiger partial charge in [-0.25, -0.2) is 0 Å². The summed E-state index contributed by atoms with van der Waals surface area (Å²) >= 11 is 0. The van der Waals surface area contributed by atoms with Crippen molar-refractivity contribution in [1.82, 2.24) is 0 Å². The average molecular weight is 192 g/mol. The van der Waals surface area contributed by atoms with Gasteiger partial charge in [0.25, 0.3) is 0 Å². The fourth-order valence-electron chi connectivity index (χ4n) is 0.387. The number of aliphatic carboxylic acids is 1. The molecule has 0 saturated carbocycles. The van der Waals surface area contributed by atoms with E-state index < -0.39 is 11.9 Å². The quantitative estimate of drug-likeness (QED) is 0.155. The zero-order valence-electron chi connectivity index (χ0n) is 7.87. The number of carbonyl (C=O) groups excluding carboxylic acids is 2. The minimum atomic E-state index is -1.25. The van der Waals surface area contributed by atoms with E-state index in [0.717, 1.165) is 6.26 Å². The van der Waals surface area contributed by atoms with Crippen molar-refractivity contribution < 1.29 is 49.0 Å². The minimum Gasteiger partial charge on any atom is -0.545 e. The average Bonchev–Trinajstić information content (AvgIpc) is 1.97. The van der Waals surface area contributed by atoms with Gasteiger partial charge in [-0.1, -0.05) is 6.08 Å². The molecule has 0 atom stereocenters. The Morgan fingerprint density at radius 1 is 1.31 bits per heavy atom. The van der Waals surface area contributed by atoms with E-state index in [0.29, 0.717) is 0 Å². The zero-order valence-corrected chi connectivity index (χ0v) is 9.87. The second-order valence-electron chi connectivity index (χ2n) is 2.08. The Kier molecular flexibility index (Phi) is 9.22. The van der Waals surface area contributed by atoms with Gasteiger partial charge in [-0.15, -0.1) is 0 Å². The predicted octanol–water partition coefficient (Wildman–Crippen LogP) is -3.24. The van der Waals surface area contributed by atoms with Crippen molar-refractivity contribution in [1.29, 1.82) is 0 Å². The van der Waals surface area contributed by atoms with Gasteiger partial charge in [-0.3, -0.25) is 4.79 Å². The molecule has 0 aromatic rings. The maximum Gasteiger partial charge on any atom is 1.00 e. The number of carbonyl (C=O) groups is 2. The maximum atomic E-state index is 10.2.